The molecule has 1 amide bonds. The molecule has 1 aliphatic rings. The minimum Gasteiger partial charge on any atom is -0.326 e. The van der Waals surface area contributed by atoms with Crippen LogP contribution in [0.1, 0.15) is 44.1 Å². The number of carbonyl (C=O) groups excluding carboxylic acids is 1. The molecule has 28 heavy (non-hydrogen) atoms. The van der Waals surface area contributed by atoms with Crippen LogP contribution in [0.25, 0.3) is 0 Å². The van der Waals surface area contributed by atoms with Crippen LogP contribution < -0.4 is 10.0 Å². The molecule has 1 saturated carbocycles. The first kappa shape index (κ1) is 21.0. The number of rotatable bonds is 7. The topological polar surface area (TPSA) is 75.3 Å². The second kappa shape index (κ2) is 9.67. The Morgan fingerprint density at radius 3 is 2.25 bits per heavy atom. The van der Waals surface area contributed by atoms with Crippen molar-refractivity contribution in [2.24, 2.45) is 0 Å². The second-order valence-corrected chi connectivity index (χ2v) is 9.78. The van der Waals surface area contributed by atoms with Crippen molar-refractivity contribution in [2.75, 3.05) is 5.32 Å². The standard InChI is InChI=1S/C21H25BrN2O3S/c22-17-9-11-18(12-10-17)23-21(25)15-8-16-6-13-20(14-7-16)28(26,27)24-19-4-2-1-3-5-19/h6-7,9-14,19,24H,1-5,8,15H2,(H,23,25). The number of aryl methyl sites for hydroxylation is 1. The van der Waals surface area contributed by atoms with Crippen LogP contribution in [-0.4, -0.2) is 20.4 Å². The van der Waals surface area contributed by atoms with Crippen LogP contribution in [0.3, 0.4) is 0 Å². The van der Waals surface area contributed by atoms with Crippen LogP contribution in [0.15, 0.2) is 57.9 Å². The zero-order valence-electron chi connectivity index (χ0n) is 15.7. The van der Waals surface area contributed by atoms with Crippen molar-refractivity contribution in [3.8, 4) is 0 Å². The highest BCUT2D eigenvalue weighted by Gasteiger charge is 2.21. The van der Waals surface area contributed by atoms with Crippen LogP contribution in [0.5, 0.6) is 0 Å². The van der Waals surface area contributed by atoms with Crippen molar-refractivity contribution in [3.05, 3.63) is 58.6 Å². The third-order valence-electron chi connectivity index (χ3n) is 4.93. The maximum atomic E-state index is 12.5. The molecule has 0 unspecified atom stereocenters. The van der Waals surface area contributed by atoms with E-state index in [0.717, 1.165) is 41.4 Å². The van der Waals surface area contributed by atoms with E-state index in [2.05, 4.69) is 26.0 Å². The molecule has 2 aromatic rings. The number of hydrogen-bond donors (Lipinski definition) is 2. The maximum absolute atomic E-state index is 12.5. The smallest absolute Gasteiger partial charge is 0.240 e. The summed E-state index contributed by atoms with van der Waals surface area (Å²) in [5.74, 6) is -0.0713. The first-order chi connectivity index (χ1) is 13.4. The van der Waals surface area contributed by atoms with Crippen LogP contribution in [0.4, 0.5) is 5.69 Å². The summed E-state index contributed by atoms with van der Waals surface area (Å²) in [5.41, 5.74) is 1.69. The molecule has 1 aliphatic carbocycles. The molecule has 0 saturated heterocycles. The number of carbonyl (C=O) groups is 1. The van der Waals surface area contributed by atoms with Crippen LogP contribution in [0.2, 0.25) is 0 Å². The monoisotopic (exact) mass is 464 g/mol. The Balaban J connectivity index is 1.52. The zero-order valence-corrected chi connectivity index (χ0v) is 18.1. The van der Waals surface area contributed by atoms with Gasteiger partial charge in [-0.1, -0.05) is 47.3 Å². The van der Waals surface area contributed by atoms with Crippen LogP contribution in [0, 0.1) is 0 Å². The highest BCUT2D eigenvalue weighted by atomic mass is 79.9. The summed E-state index contributed by atoms with van der Waals surface area (Å²) < 4.78 is 28.8. The predicted molar refractivity (Wildman–Crippen MR) is 115 cm³/mol. The molecule has 5 nitrogen and oxygen atoms in total. The Labute approximate surface area is 175 Å². The van der Waals surface area contributed by atoms with Crippen molar-refractivity contribution in [1.82, 2.24) is 4.72 Å². The van der Waals surface area contributed by atoms with Gasteiger partial charge in [0.2, 0.25) is 15.9 Å². The van der Waals surface area contributed by atoms with Gasteiger partial charge in [0.25, 0.3) is 0 Å². The molecule has 7 heteroatoms. The molecule has 2 N–H and O–H groups in total. The fourth-order valence-electron chi connectivity index (χ4n) is 3.36. The van der Waals surface area contributed by atoms with E-state index in [1.165, 1.54) is 6.42 Å². The van der Waals surface area contributed by atoms with Crippen molar-refractivity contribution in [3.63, 3.8) is 0 Å². The number of benzene rings is 2. The Kier molecular flexibility index (Phi) is 7.26. The van der Waals surface area contributed by atoms with Crippen LogP contribution in [-0.2, 0) is 21.2 Å². The minimum atomic E-state index is -3.49. The summed E-state index contributed by atoms with van der Waals surface area (Å²) >= 11 is 3.36. The Morgan fingerprint density at radius 2 is 1.61 bits per heavy atom. The molecular weight excluding hydrogens is 440 g/mol. The van der Waals surface area contributed by atoms with E-state index in [1.54, 1.807) is 24.3 Å². The van der Waals surface area contributed by atoms with Gasteiger partial charge in [-0.05, 0) is 61.2 Å². The summed E-state index contributed by atoms with van der Waals surface area (Å²) in [5, 5.41) is 2.85. The number of halogens is 1. The SMILES string of the molecule is O=C(CCc1ccc(S(=O)(=O)NC2CCCCC2)cc1)Nc1ccc(Br)cc1. The first-order valence-electron chi connectivity index (χ1n) is 9.59. The van der Waals surface area contributed by atoms with Gasteiger partial charge in [0.1, 0.15) is 0 Å². The second-order valence-electron chi connectivity index (χ2n) is 7.16. The molecule has 0 spiro atoms. The van der Waals surface area contributed by atoms with Crippen molar-refractivity contribution < 1.29 is 13.2 Å². The molecule has 150 valence electrons. The summed E-state index contributed by atoms with van der Waals surface area (Å²) in [7, 11) is -3.49. The molecule has 0 radical (unpaired) electrons. The number of hydrogen-bond acceptors (Lipinski definition) is 3. The highest BCUT2D eigenvalue weighted by molar-refractivity contribution is 9.10. The molecule has 2 aromatic carbocycles. The lowest BCUT2D eigenvalue weighted by atomic mass is 9.96. The molecular formula is C21H25BrN2O3S. The molecule has 0 heterocycles. The molecule has 0 aliphatic heterocycles. The number of amides is 1. The molecule has 0 aromatic heterocycles. The fourth-order valence-corrected chi connectivity index (χ4v) is 4.93. The zero-order chi connectivity index (χ0) is 20.0. The first-order valence-corrected chi connectivity index (χ1v) is 11.9. The van der Waals surface area contributed by atoms with Gasteiger partial charge in [-0.2, -0.15) is 0 Å². The normalized spacial score (nSPS) is 15.3. The lowest BCUT2D eigenvalue weighted by molar-refractivity contribution is -0.116. The van der Waals surface area contributed by atoms with E-state index in [0.29, 0.717) is 12.8 Å². The van der Waals surface area contributed by atoms with Gasteiger partial charge in [0, 0.05) is 22.6 Å². The van der Waals surface area contributed by atoms with E-state index in [9.17, 15) is 13.2 Å². The van der Waals surface area contributed by atoms with E-state index in [-0.39, 0.29) is 16.8 Å². The van der Waals surface area contributed by atoms with Gasteiger partial charge in [-0.25, -0.2) is 13.1 Å². The Hall–Kier alpha value is -1.70. The van der Waals surface area contributed by atoms with Gasteiger partial charge in [0.05, 0.1) is 4.90 Å². The maximum Gasteiger partial charge on any atom is 0.240 e. The van der Waals surface area contributed by atoms with Gasteiger partial charge in [-0.15, -0.1) is 0 Å². The van der Waals surface area contributed by atoms with Crippen LogP contribution >= 0.6 is 15.9 Å². The van der Waals surface area contributed by atoms with Gasteiger partial charge >= 0.3 is 0 Å². The van der Waals surface area contributed by atoms with Crippen molar-refractivity contribution >= 4 is 37.5 Å². The lowest BCUT2D eigenvalue weighted by Crippen LogP contribution is -2.36. The minimum absolute atomic E-state index is 0.0423. The van der Waals surface area contributed by atoms with Crippen molar-refractivity contribution in [1.29, 1.82) is 0 Å². The molecule has 1 fully saturated rings. The average molecular weight is 465 g/mol. The molecule has 3 rings (SSSR count). The molecule has 0 atom stereocenters. The van der Waals surface area contributed by atoms with E-state index < -0.39 is 10.0 Å². The van der Waals surface area contributed by atoms with E-state index >= 15 is 0 Å². The highest BCUT2D eigenvalue weighted by Crippen LogP contribution is 2.20. The Bertz CT molecular complexity index is 890. The van der Waals surface area contributed by atoms with Crippen molar-refractivity contribution in [2.45, 2.75) is 55.9 Å². The predicted octanol–water partition coefficient (Wildman–Crippen LogP) is 4.63. The number of sulfonamides is 1. The summed E-state index contributed by atoms with van der Waals surface area (Å²) in [6.45, 7) is 0. The fraction of sp³-hybridized carbons (Fsp3) is 0.381. The summed E-state index contributed by atoms with van der Waals surface area (Å²) in [6.07, 6.45) is 6.04. The third-order valence-corrected chi connectivity index (χ3v) is 6.99. The average Bonchev–Trinajstić information content (AvgIpc) is 2.69. The number of nitrogens with one attached hydrogen (secondary N) is 2. The summed E-state index contributed by atoms with van der Waals surface area (Å²) in [4.78, 5) is 12.4. The van der Waals surface area contributed by atoms with E-state index in [1.807, 2.05) is 24.3 Å². The largest absolute Gasteiger partial charge is 0.326 e. The third kappa shape index (κ3) is 6.15. The summed E-state index contributed by atoms with van der Waals surface area (Å²) in [6, 6.07) is 14.2. The van der Waals surface area contributed by atoms with Gasteiger partial charge < -0.3 is 5.32 Å². The van der Waals surface area contributed by atoms with Gasteiger partial charge in [0.15, 0.2) is 0 Å². The van der Waals surface area contributed by atoms with Gasteiger partial charge in [-0.3, -0.25) is 4.79 Å². The molecule has 0 bridgehead atoms. The van der Waals surface area contributed by atoms with E-state index in [4.69, 9.17) is 0 Å². The lowest BCUT2D eigenvalue weighted by Gasteiger charge is -2.22. The number of anilines is 1. The Morgan fingerprint density at radius 1 is 0.964 bits per heavy atom. The quantitative estimate of drug-likeness (QED) is 0.626.